The maximum Gasteiger partial charge on any atom is 0.246 e. The van der Waals surface area contributed by atoms with Crippen molar-refractivity contribution in [3.63, 3.8) is 0 Å². The maximum atomic E-state index is 14.3. The van der Waals surface area contributed by atoms with Crippen LogP contribution in [0.25, 0.3) is 0 Å². The van der Waals surface area contributed by atoms with E-state index in [1.165, 1.54) is 17.2 Å². The molecule has 0 saturated carbocycles. The topological polar surface area (TPSA) is 70.2 Å². The van der Waals surface area contributed by atoms with Gasteiger partial charge in [-0.2, -0.15) is 4.98 Å². The van der Waals surface area contributed by atoms with Crippen molar-refractivity contribution in [2.24, 2.45) is 0 Å². The SMILES string of the molecule is C=CC(=O)N1CCCC(Nc2nc(Nc3ccc(CC)c(CC)c3)ncc2F)C1.CC. The van der Waals surface area contributed by atoms with Gasteiger partial charge in [-0.05, 0) is 55.0 Å². The molecule has 0 bridgehead atoms. The normalized spacial score (nSPS) is 15.5. The molecule has 2 aromatic rings. The van der Waals surface area contributed by atoms with E-state index in [1.807, 2.05) is 19.9 Å². The van der Waals surface area contributed by atoms with E-state index in [1.54, 1.807) is 4.90 Å². The monoisotopic (exact) mass is 427 g/mol. The second-order valence-corrected chi connectivity index (χ2v) is 7.18. The first-order valence-electron chi connectivity index (χ1n) is 11.1. The predicted molar refractivity (Wildman–Crippen MR) is 125 cm³/mol. The molecule has 1 aliphatic heterocycles. The molecule has 2 N–H and O–H groups in total. The molecule has 1 saturated heterocycles. The Kier molecular flexibility index (Phi) is 9.43. The lowest BCUT2D eigenvalue weighted by Crippen LogP contribution is -2.44. The lowest BCUT2D eigenvalue weighted by Gasteiger charge is -2.32. The first-order valence-corrected chi connectivity index (χ1v) is 11.1. The highest BCUT2D eigenvalue weighted by Gasteiger charge is 2.23. The average molecular weight is 428 g/mol. The highest BCUT2D eigenvalue weighted by atomic mass is 19.1. The number of nitrogens with zero attached hydrogens (tertiary/aromatic N) is 3. The Morgan fingerprint density at radius 1 is 1.29 bits per heavy atom. The van der Waals surface area contributed by atoms with Gasteiger partial charge in [0.1, 0.15) is 0 Å². The molecule has 1 aromatic carbocycles. The number of hydrogen-bond donors (Lipinski definition) is 2. The van der Waals surface area contributed by atoms with Crippen LogP contribution in [0.4, 0.5) is 21.8 Å². The summed E-state index contributed by atoms with van der Waals surface area (Å²) >= 11 is 0. The molecule has 0 spiro atoms. The zero-order valence-corrected chi connectivity index (χ0v) is 19.0. The van der Waals surface area contributed by atoms with Crippen LogP contribution in [0.15, 0.2) is 37.1 Å². The Hall–Kier alpha value is -2.96. The lowest BCUT2D eigenvalue weighted by molar-refractivity contribution is -0.127. The van der Waals surface area contributed by atoms with Gasteiger partial charge >= 0.3 is 0 Å². The number of amides is 1. The number of benzene rings is 1. The highest BCUT2D eigenvalue weighted by Crippen LogP contribution is 2.22. The summed E-state index contributed by atoms with van der Waals surface area (Å²) in [5.41, 5.74) is 3.46. The van der Waals surface area contributed by atoms with Gasteiger partial charge < -0.3 is 15.5 Å². The Morgan fingerprint density at radius 3 is 2.71 bits per heavy atom. The fourth-order valence-corrected chi connectivity index (χ4v) is 3.65. The standard InChI is InChI=1S/C22H28FN5O.C2H6/c1-4-15-9-10-17(12-16(15)5-2)26-22-24-13-19(23)21(27-22)25-18-8-7-11-28(14-18)20(29)6-3;1-2/h6,9-10,12-13,18H,3-5,7-8,11,14H2,1-2H3,(H2,24,25,26,27);1-2H3. The fraction of sp³-hybridized carbons (Fsp3) is 0.458. The van der Waals surface area contributed by atoms with Crippen LogP contribution in [-0.4, -0.2) is 39.9 Å². The van der Waals surface area contributed by atoms with Crippen LogP contribution in [0.1, 0.15) is 51.7 Å². The van der Waals surface area contributed by atoms with Crippen molar-refractivity contribution in [3.8, 4) is 0 Å². The molecular weight excluding hydrogens is 393 g/mol. The van der Waals surface area contributed by atoms with Crippen molar-refractivity contribution in [3.05, 3.63) is 54.0 Å². The van der Waals surface area contributed by atoms with E-state index >= 15 is 0 Å². The third-order valence-electron chi connectivity index (χ3n) is 5.22. The third kappa shape index (κ3) is 6.51. The van der Waals surface area contributed by atoms with Gasteiger partial charge in [-0.3, -0.25) is 4.79 Å². The van der Waals surface area contributed by atoms with Gasteiger partial charge in [-0.25, -0.2) is 9.37 Å². The summed E-state index contributed by atoms with van der Waals surface area (Å²) in [6.07, 6.45) is 6.08. The Labute approximate surface area is 185 Å². The summed E-state index contributed by atoms with van der Waals surface area (Å²) < 4.78 is 14.3. The minimum atomic E-state index is -0.515. The molecule has 3 rings (SSSR count). The summed E-state index contributed by atoms with van der Waals surface area (Å²) in [5, 5.41) is 6.30. The number of aromatic nitrogens is 2. The molecule has 1 aliphatic rings. The number of rotatable bonds is 7. The van der Waals surface area contributed by atoms with E-state index in [2.05, 4.69) is 53.2 Å². The number of carbonyl (C=O) groups is 1. The van der Waals surface area contributed by atoms with Crippen LogP contribution in [0.2, 0.25) is 0 Å². The molecule has 2 heterocycles. The zero-order valence-electron chi connectivity index (χ0n) is 19.0. The smallest absolute Gasteiger partial charge is 0.246 e. The van der Waals surface area contributed by atoms with E-state index < -0.39 is 5.82 Å². The van der Waals surface area contributed by atoms with Crippen molar-refractivity contribution in [1.82, 2.24) is 14.9 Å². The van der Waals surface area contributed by atoms with E-state index in [-0.39, 0.29) is 17.8 Å². The summed E-state index contributed by atoms with van der Waals surface area (Å²) in [5.74, 6) is -0.154. The number of anilines is 3. The van der Waals surface area contributed by atoms with Crippen LogP contribution in [0, 0.1) is 5.82 Å². The van der Waals surface area contributed by atoms with Gasteiger partial charge in [0, 0.05) is 24.8 Å². The van der Waals surface area contributed by atoms with Crippen molar-refractivity contribution in [2.45, 2.75) is 59.4 Å². The number of halogens is 1. The molecular formula is C24H34FN5O. The molecule has 31 heavy (non-hydrogen) atoms. The van der Waals surface area contributed by atoms with Crippen molar-refractivity contribution < 1.29 is 9.18 Å². The molecule has 1 fully saturated rings. The third-order valence-corrected chi connectivity index (χ3v) is 5.22. The number of piperidine rings is 1. The molecule has 1 atom stereocenters. The quantitative estimate of drug-likeness (QED) is 0.602. The fourth-order valence-electron chi connectivity index (χ4n) is 3.65. The molecule has 7 heteroatoms. The minimum Gasteiger partial charge on any atom is -0.363 e. The van der Waals surface area contributed by atoms with Gasteiger partial charge in [0.05, 0.1) is 6.20 Å². The van der Waals surface area contributed by atoms with Gasteiger partial charge in [0.2, 0.25) is 11.9 Å². The van der Waals surface area contributed by atoms with E-state index in [0.717, 1.165) is 37.6 Å². The van der Waals surface area contributed by atoms with Crippen molar-refractivity contribution in [1.29, 1.82) is 0 Å². The first kappa shape index (κ1) is 24.3. The summed E-state index contributed by atoms with van der Waals surface area (Å²) in [4.78, 5) is 22.0. The average Bonchev–Trinajstić information content (AvgIpc) is 2.82. The first-order chi connectivity index (χ1) is 15.0. The summed E-state index contributed by atoms with van der Waals surface area (Å²) in [6.45, 7) is 13.0. The van der Waals surface area contributed by atoms with Crippen LogP contribution in [-0.2, 0) is 17.6 Å². The number of nitrogens with one attached hydrogen (secondary N) is 2. The maximum absolute atomic E-state index is 14.3. The molecule has 0 radical (unpaired) electrons. The van der Waals surface area contributed by atoms with E-state index in [4.69, 9.17) is 0 Å². The molecule has 1 amide bonds. The predicted octanol–water partition coefficient (Wildman–Crippen LogP) is 5.10. The van der Waals surface area contributed by atoms with E-state index in [0.29, 0.717) is 19.0 Å². The zero-order chi connectivity index (χ0) is 22.8. The van der Waals surface area contributed by atoms with Crippen LogP contribution < -0.4 is 10.6 Å². The molecule has 1 unspecified atom stereocenters. The summed E-state index contributed by atoms with van der Waals surface area (Å²) in [7, 11) is 0. The van der Waals surface area contributed by atoms with Gasteiger partial charge in [-0.1, -0.05) is 40.3 Å². The number of hydrogen-bond acceptors (Lipinski definition) is 5. The van der Waals surface area contributed by atoms with Crippen LogP contribution >= 0.6 is 0 Å². The highest BCUT2D eigenvalue weighted by molar-refractivity contribution is 5.87. The second-order valence-electron chi connectivity index (χ2n) is 7.18. The molecule has 6 nitrogen and oxygen atoms in total. The van der Waals surface area contributed by atoms with Crippen LogP contribution in [0.3, 0.4) is 0 Å². The second kappa shape index (κ2) is 12.0. The lowest BCUT2D eigenvalue weighted by atomic mass is 10.0. The van der Waals surface area contributed by atoms with Crippen molar-refractivity contribution >= 4 is 23.4 Å². The van der Waals surface area contributed by atoms with Gasteiger partial charge in [0.25, 0.3) is 0 Å². The minimum absolute atomic E-state index is 0.0690. The summed E-state index contributed by atoms with van der Waals surface area (Å²) in [6, 6.07) is 6.09. The van der Waals surface area contributed by atoms with E-state index in [9.17, 15) is 9.18 Å². The Morgan fingerprint density at radius 2 is 2.03 bits per heavy atom. The Bertz CT molecular complexity index is 886. The number of aryl methyl sites for hydroxylation is 2. The Balaban J connectivity index is 0.00000166. The van der Waals surface area contributed by atoms with Gasteiger partial charge in [0.15, 0.2) is 11.6 Å². The van der Waals surface area contributed by atoms with Crippen LogP contribution in [0.5, 0.6) is 0 Å². The molecule has 168 valence electrons. The number of carbonyl (C=O) groups excluding carboxylic acids is 1. The largest absolute Gasteiger partial charge is 0.363 e. The van der Waals surface area contributed by atoms with Crippen molar-refractivity contribution in [2.75, 3.05) is 23.7 Å². The molecule has 0 aliphatic carbocycles. The molecule has 1 aromatic heterocycles. The number of likely N-dealkylation sites (tertiary alicyclic amines) is 1. The van der Waals surface area contributed by atoms with Gasteiger partial charge in [-0.15, -0.1) is 0 Å².